The molecule has 2 rings (SSSR count). The molecule has 0 saturated carbocycles. The summed E-state index contributed by atoms with van der Waals surface area (Å²) in [7, 11) is 0. The lowest BCUT2D eigenvalue weighted by molar-refractivity contribution is 0.851. The Labute approximate surface area is 119 Å². The summed E-state index contributed by atoms with van der Waals surface area (Å²) in [5.41, 5.74) is 4.09. The minimum atomic E-state index is 0.0249. The molecule has 1 aliphatic rings. The second-order valence-electron chi connectivity index (χ2n) is 5.19. The number of rotatable bonds is 4. The molecule has 0 radical (unpaired) electrons. The number of benzene rings is 1. The van der Waals surface area contributed by atoms with Crippen LogP contribution in [-0.2, 0) is 6.42 Å². The summed E-state index contributed by atoms with van der Waals surface area (Å²) in [6.45, 7) is 6.58. The van der Waals surface area contributed by atoms with E-state index in [1.165, 1.54) is 22.4 Å². The molecule has 1 aromatic rings. The van der Waals surface area contributed by atoms with Crippen LogP contribution in [0.1, 0.15) is 30.0 Å². The van der Waals surface area contributed by atoms with Gasteiger partial charge in [0, 0.05) is 17.2 Å². The first kappa shape index (κ1) is 14.0. The first-order valence-corrected chi connectivity index (χ1v) is 8.30. The average molecular weight is 279 g/mol. The molecule has 1 aromatic carbocycles. The lowest BCUT2D eigenvalue weighted by Crippen LogP contribution is -2.20. The Kier molecular flexibility index (Phi) is 4.44. The lowest BCUT2D eigenvalue weighted by Gasteiger charge is -2.22. The molecule has 1 aliphatic heterocycles. The summed E-state index contributed by atoms with van der Waals surface area (Å²) in [4.78, 5) is 0. The molecule has 2 unspecified atom stereocenters. The molecular formula is C15H21NS2. The largest absolute Gasteiger partial charge is 0.311 e. The molecule has 0 aliphatic carbocycles. The Morgan fingerprint density at radius 3 is 2.50 bits per heavy atom. The van der Waals surface area contributed by atoms with Crippen molar-refractivity contribution in [2.45, 2.75) is 42.9 Å². The fourth-order valence-corrected chi connectivity index (χ4v) is 5.74. The third kappa shape index (κ3) is 3.33. The minimum Gasteiger partial charge on any atom is -0.311 e. The van der Waals surface area contributed by atoms with E-state index in [-0.39, 0.29) is 4.08 Å². The van der Waals surface area contributed by atoms with Crippen LogP contribution in [-0.4, -0.2) is 21.3 Å². The van der Waals surface area contributed by atoms with Gasteiger partial charge in [0.15, 0.2) is 0 Å². The molecule has 2 atom stereocenters. The minimum absolute atomic E-state index is 0.0249. The number of aryl methyl sites for hydroxylation is 3. The molecule has 1 saturated heterocycles. The van der Waals surface area contributed by atoms with Crippen LogP contribution in [0.3, 0.4) is 0 Å². The van der Waals surface area contributed by atoms with Gasteiger partial charge in [-0.2, -0.15) is 0 Å². The van der Waals surface area contributed by atoms with E-state index in [9.17, 15) is 0 Å². The van der Waals surface area contributed by atoms with Gasteiger partial charge in [-0.05, 0) is 32.3 Å². The third-order valence-corrected chi connectivity index (χ3v) is 6.85. The van der Waals surface area contributed by atoms with Crippen LogP contribution < -0.4 is 0 Å². The number of thioether (sulfide) groups is 2. The highest BCUT2D eigenvalue weighted by molar-refractivity contribution is 8.22. The molecule has 0 bridgehead atoms. The van der Waals surface area contributed by atoms with Crippen molar-refractivity contribution in [1.29, 1.82) is 5.41 Å². The Balaban J connectivity index is 2.04. The predicted molar refractivity (Wildman–Crippen MR) is 85.3 cm³/mol. The maximum Gasteiger partial charge on any atom is 0.0960 e. The van der Waals surface area contributed by atoms with Crippen molar-refractivity contribution in [3.8, 4) is 0 Å². The maximum atomic E-state index is 7.72. The van der Waals surface area contributed by atoms with Crippen molar-refractivity contribution < 1.29 is 0 Å². The highest BCUT2D eigenvalue weighted by atomic mass is 32.2. The van der Waals surface area contributed by atoms with Crippen LogP contribution in [0, 0.1) is 19.3 Å². The van der Waals surface area contributed by atoms with Crippen molar-refractivity contribution >= 4 is 29.7 Å². The van der Waals surface area contributed by atoms with Gasteiger partial charge in [-0.1, -0.05) is 36.2 Å². The monoisotopic (exact) mass is 279 g/mol. The van der Waals surface area contributed by atoms with E-state index in [0.29, 0.717) is 5.25 Å². The second-order valence-corrected chi connectivity index (χ2v) is 8.57. The quantitative estimate of drug-likeness (QED) is 0.823. The van der Waals surface area contributed by atoms with E-state index < -0.39 is 0 Å². The first-order chi connectivity index (χ1) is 8.53. The normalized spacial score (nSPS) is 27.4. The molecular weight excluding hydrogens is 258 g/mol. The van der Waals surface area contributed by atoms with E-state index >= 15 is 0 Å². The molecule has 0 aromatic heterocycles. The van der Waals surface area contributed by atoms with Gasteiger partial charge in [-0.15, -0.1) is 23.5 Å². The summed E-state index contributed by atoms with van der Waals surface area (Å²) in [6.07, 6.45) is 3.80. The van der Waals surface area contributed by atoms with Crippen molar-refractivity contribution in [2.24, 2.45) is 0 Å². The summed E-state index contributed by atoms with van der Waals surface area (Å²) in [5.74, 6) is 1.17. The zero-order chi connectivity index (χ0) is 13.2. The number of hydrogen-bond donors (Lipinski definition) is 1. The highest BCUT2D eigenvalue weighted by Crippen LogP contribution is 2.49. The maximum absolute atomic E-state index is 7.72. The number of hydrogen-bond acceptors (Lipinski definition) is 3. The third-order valence-electron chi connectivity index (χ3n) is 3.23. The van der Waals surface area contributed by atoms with Crippen molar-refractivity contribution in [3.05, 3.63) is 34.9 Å². The van der Waals surface area contributed by atoms with Gasteiger partial charge in [-0.3, -0.25) is 0 Å². The fourth-order valence-electron chi connectivity index (χ4n) is 2.48. The van der Waals surface area contributed by atoms with E-state index in [4.69, 9.17) is 5.41 Å². The molecule has 1 nitrogen and oxygen atoms in total. The smallest absolute Gasteiger partial charge is 0.0960 e. The van der Waals surface area contributed by atoms with Gasteiger partial charge < -0.3 is 5.41 Å². The van der Waals surface area contributed by atoms with Crippen molar-refractivity contribution in [2.75, 3.05) is 5.75 Å². The average Bonchev–Trinajstić information content (AvgIpc) is 2.68. The molecule has 0 amide bonds. The first-order valence-electron chi connectivity index (χ1n) is 6.43. The van der Waals surface area contributed by atoms with Gasteiger partial charge in [0.05, 0.1) is 4.08 Å². The van der Waals surface area contributed by atoms with Crippen LogP contribution in [0.5, 0.6) is 0 Å². The zero-order valence-corrected chi connectivity index (χ0v) is 13.0. The Morgan fingerprint density at radius 1 is 1.33 bits per heavy atom. The fraction of sp³-hybridized carbons (Fsp3) is 0.533. The Morgan fingerprint density at radius 2 is 2.00 bits per heavy atom. The Hall–Kier alpha value is -0.410. The predicted octanol–water partition coefficient (Wildman–Crippen LogP) is 4.45. The number of nitrogens with one attached hydrogen (secondary N) is 1. The van der Waals surface area contributed by atoms with Gasteiger partial charge in [0.1, 0.15) is 0 Å². The molecule has 0 spiro atoms. The summed E-state index contributed by atoms with van der Waals surface area (Å²) < 4.78 is 0.0249. The van der Waals surface area contributed by atoms with Crippen LogP contribution >= 0.6 is 23.5 Å². The van der Waals surface area contributed by atoms with Gasteiger partial charge >= 0.3 is 0 Å². The lowest BCUT2D eigenvalue weighted by atomic mass is 10.0. The summed E-state index contributed by atoms with van der Waals surface area (Å²) in [6, 6.07) is 6.77. The van der Waals surface area contributed by atoms with Gasteiger partial charge in [0.25, 0.3) is 0 Å². The zero-order valence-electron chi connectivity index (χ0n) is 11.3. The van der Waals surface area contributed by atoms with E-state index in [1.807, 2.05) is 23.5 Å². The summed E-state index contributed by atoms with van der Waals surface area (Å²) in [5, 5.41) is 8.40. The van der Waals surface area contributed by atoms with E-state index in [0.717, 1.165) is 12.8 Å². The molecule has 3 heteroatoms. The standard InChI is InChI=1S/C15H21NS2/c1-11-6-12(2)8-14(7-11)4-5-15(10-16)17-9-13(3)18-15/h6-8,10,13,16H,4-5,9H2,1-3H3. The highest BCUT2D eigenvalue weighted by Gasteiger charge is 2.36. The van der Waals surface area contributed by atoms with Crippen molar-refractivity contribution in [3.63, 3.8) is 0 Å². The molecule has 18 heavy (non-hydrogen) atoms. The van der Waals surface area contributed by atoms with E-state index in [2.05, 4.69) is 39.0 Å². The molecule has 1 heterocycles. The van der Waals surface area contributed by atoms with Gasteiger partial charge in [0.2, 0.25) is 0 Å². The van der Waals surface area contributed by atoms with Crippen LogP contribution in [0.25, 0.3) is 0 Å². The molecule has 1 fully saturated rings. The van der Waals surface area contributed by atoms with Crippen LogP contribution in [0.4, 0.5) is 0 Å². The molecule has 1 N–H and O–H groups in total. The van der Waals surface area contributed by atoms with Crippen LogP contribution in [0.2, 0.25) is 0 Å². The second kappa shape index (κ2) is 5.70. The SMILES string of the molecule is Cc1cc(C)cc(CCC2(C=N)SCC(C)S2)c1. The Bertz CT molecular complexity index is 424. The molecule has 98 valence electrons. The van der Waals surface area contributed by atoms with Gasteiger partial charge in [-0.25, -0.2) is 0 Å². The topological polar surface area (TPSA) is 23.9 Å². The summed E-state index contributed by atoms with van der Waals surface area (Å²) >= 11 is 3.91. The van der Waals surface area contributed by atoms with Crippen molar-refractivity contribution in [1.82, 2.24) is 0 Å². The van der Waals surface area contributed by atoms with Crippen LogP contribution in [0.15, 0.2) is 18.2 Å². The van der Waals surface area contributed by atoms with E-state index in [1.54, 1.807) is 6.21 Å².